The maximum Gasteiger partial charge on any atom is 0.224 e. The Labute approximate surface area is 134 Å². The molecule has 0 atom stereocenters. The second-order valence-electron chi connectivity index (χ2n) is 4.97. The Morgan fingerprint density at radius 3 is 2.55 bits per heavy atom. The molecule has 0 saturated carbocycles. The number of carbonyl (C=O) groups excluding carboxylic acids is 1. The van der Waals surface area contributed by atoms with Gasteiger partial charge in [-0.1, -0.05) is 24.6 Å². The summed E-state index contributed by atoms with van der Waals surface area (Å²) < 4.78 is 14.0. The molecule has 22 heavy (non-hydrogen) atoms. The van der Waals surface area contributed by atoms with Crippen molar-refractivity contribution in [3.05, 3.63) is 58.9 Å². The molecule has 0 unspecified atom stereocenters. The normalized spacial score (nSPS) is 10.3. The van der Waals surface area contributed by atoms with E-state index in [1.807, 2.05) is 19.1 Å². The zero-order chi connectivity index (χ0) is 15.9. The van der Waals surface area contributed by atoms with Crippen molar-refractivity contribution >= 4 is 28.9 Å². The Bertz CT molecular complexity index is 644. The van der Waals surface area contributed by atoms with Crippen molar-refractivity contribution in [2.75, 3.05) is 10.6 Å². The lowest BCUT2D eigenvalue weighted by atomic mass is 10.2. The van der Waals surface area contributed by atoms with Gasteiger partial charge in [0.2, 0.25) is 5.91 Å². The van der Waals surface area contributed by atoms with Crippen LogP contribution in [-0.2, 0) is 11.3 Å². The smallest absolute Gasteiger partial charge is 0.224 e. The Hall–Kier alpha value is -2.07. The zero-order valence-electron chi connectivity index (χ0n) is 12.3. The summed E-state index contributed by atoms with van der Waals surface area (Å²) in [6.07, 6.45) is 1.12. The summed E-state index contributed by atoms with van der Waals surface area (Å²) in [6.45, 7) is 2.39. The first-order valence-electron chi connectivity index (χ1n) is 7.16. The molecule has 1 amide bonds. The van der Waals surface area contributed by atoms with Crippen molar-refractivity contribution in [2.45, 2.75) is 26.3 Å². The first kappa shape index (κ1) is 16.3. The third kappa shape index (κ3) is 4.74. The molecule has 2 aromatic rings. The lowest BCUT2D eigenvalue weighted by molar-refractivity contribution is -0.116. The topological polar surface area (TPSA) is 41.1 Å². The maximum atomic E-state index is 14.0. The lowest BCUT2D eigenvalue weighted by Crippen LogP contribution is -2.12. The fourth-order valence-corrected chi connectivity index (χ4v) is 2.11. The summed E-state index contributed by atoms with van der Waals surface area (Å²) in [7, 11) is 0. The Morgan fingerprint density at radius 1 is 1.18 bits per heavy atom. The minimum Gasteiger partial charge on any atom is -0.381 e. The fraction of sp³-hybridized carbons (Fsp3) is 0.235. The predicted octanol–water partition coefficient (Wildman–Crippen LogP) is 4.83. The van der Waals surface area contributed by atoms with E-state index < -0.39 is 5.82 Å². The van der Waals surface area contributed by atoms with Gasteiger partial charge in [-0.15, -0.1) is 0 Å². The van der Waals surface area contributed by atoms with Crippen LogP contribution in [0.1, 0.15) is 25.3 Å². The van der Waals surface area contributed by atoms with Crippen LogP contribution >= 0.6 is 11.6 Å². The van der Waals surface area contributed by atoms with Crippen molar-refractivity contribution in [2.24, 2.45) is 0 Å². The highest BCUT2D eigenvalue weighted by Crippen LogP contribution is 2.18. The number of halogens is 2. The molecular formula is C17H18ClFN2O. The minimum atomic E-state index is -0.431. The fourth-order valence-electron chi connectivity index (χ4n) is 1.98. The molecule has 2 N–H and O–H groups in total. The van der Waals surface area contributed by atoms with Gasteiger partial charge in [-0.25, -0.2) is 4.39 Å². The molecule has 0 aromatic heterocycles. The second-order valence-corrected chi connectivity index (χ2v) is 5.41. The van der Waals surface area contributed by atoms with Crippen LogP contribution in [0.25, 0.3) is 0 Å². The molecule has 0 fully saturated rings. The number of benzene rings is 2. The predicted molar refractivity (Wildman–Crippen MR) is 88.7 cm³/mol. The van der Waals surface area contributed by atoms with Gasteiger partial charge in [0.15, 0.2) is 0 Å². The van der Waals surface area contributed by atoms with E-state index in [0.717, 1.165) is 17.7 Å². The molecule has 0 aliphatic carbocycles. The number of carbonyl (C=O) groups is 1. The summed E-state index contributed by atoms with van der Waals surface area (Å²) in [5, 5.41) is 6.42. The lowest BCUT2D eigenvalue weighted by Gasteiger charge is -2.10. The van der Waals surface area contributed by atoms with E-state index in [-0.39, 0.29) is 11.6 Å². The largest absolute Gasteiger partial charge is 0.381 e. The highest BCUT2D eigenvalue weighted by atomic mass is 35.5. The maximum absolute atomic E-state index is 14.0. The third-order valence-corrected chi connectivity index (χ3v) is 3.38. The van der Waals surface area contributed by atoms with Crippen LogP contribution in [0.5, 0.6) is 0 Å². The molecular weight excluding hydrogens is 303 g/mol. The van der Waals surface area contributed by atoms with Gasteiger partial charge in [-0.05, 0) is 48.4 Å². The van der Waals surface area contributed by atoms with Crippen LogP contribution in [0.3, 0.4) is 0 Å². The molecule has 0 saturated heterocycles. The second kappa shape index (κ2) is 7.80. The molecule has 2 aromatic carbocycles. The molecule has 0 aliphatic heterocycles. The van der Waals surface area contributed by atoms with E-state index in [2.05, 4.69) is 10.6 Å². The highest BCUT2D eigenvalue weighted by molar-refractivity contribution is 6.30. The van der Waals surface area contributed by atoms with E-state index in [9.17, 15) is 9.18 Å². The third-order valence-electron chi connectivity index (χ3n) is 3.13. The Kier molecular flexibility index (Phi) is 5.78. The molecule has 5 heteroatoms. The number of amides is 1. The average molecular weight is 321 g/mol. The molecule has 0 heterocycles. The van der Waals surface area contributed by atoms with Crippen LogP contribution in [-0.4, -0.2) is 5.91 Å². The average Bonchev–Trinajstić information content (AvgIpc) is 2.49. The van der Waals surface area contributed by atoms with Crippen molar-refractivity contribution in [1.82, 2.24) is 0 Å². The van der Waals surface area contributed by atoms with Gasteiger partial charge in [0, 0.05) is 23.7 Å². The quantitative estimate of drug-likeness (QED) is 0.800. The van der Waals surface area contributed by atoms with E-state index in [1.165, 1.54) is 6.07 Å². The van der Waals surface area contributed by atoms with Crippen molar-refractivity contribution in [1.29, 1.82) is 0 Å². The van der Waals surface area contributed by atoms with Gasteiger partial charge in [0.1, 0.15) is 5.82 Å². The van der Waals surface area contributed by atoms with Crippen molar-refractivity contribution < 1.29 is 9.18 Å². The van der Waals surface area contributed by atoms with Crippen LogP contribution in [0.4, 0.5) is 15.8 Å². The first-order valence-corrected chi connectivity index (χ1v) is 7.54. The number of nitrogens with one attached hydrogen (secondary N) is 2. The molecule has 3 nitrogen and oxygen atoms in total. The number of hydrogen-bond acceptors (Lipinski definition) is 2. The molecule has 0 spiro atoms. The van der Waals surface area contributed by atoms with Crippen molar-refractivity contribution in [3.63, 3.8) is 0 Å². The molecule has 116 valence electrons. The van der Waals surface area contributed by atoms with E-state index >= 15 is 0 Å². The monoisotopic (exact) mass is 320 g/mol. The number of hydrogen-bond donors (Lipinski definition) is 2. The van der Waals surface area contributed by atoms with Gasteiger partial charge < -0.3 is 10.6 Å². The molecule has 0 bridgehead atoms. The number of rotatable bonds is 6. The van der Waals surface area contributed by atoms with E-state index in [4.69, 9.17) is 11.6 Å². The Morgan fingerprint density at radius 2 is 1.91 bits per heavy atom. The van der Waals surface area contributed by atoms with Crippen molar-refractivity contribution in [3.8, 4) is 0 Å². The number of anilines is 2. The minimum absolute atomic E-state index is 0.173. The summed E-state index contributed by atoms with van der Waals surface area (Å²) in [5.41, 5.74) is 1.92. The van der Waals surface area contributed by atoms with E-state index in [0.29, 0.717) is 18.0 Å². The van der Waals surface area contributed by atoms with Gasteiger partial charge in [0.25, 0.3) is 0 Å². The van der Waals surface area contributed by atoms with Crippen LogP contribution in [0.15, 0.2) is 42.5 Å². The Balaban J connectivity index is 1.97. The van der Waals surface area contributed by atoms with Gasteiger partial charge in [0.05, 0.1) is 5.69 Å². The SMILES string of the molecule is CCCC(=O)Nc1ccc(CNc2ccc(Cl)cc2)cc1F. The summed E-state index contributed by atoms with van der Waals surface area (Å²) in [5.74, 6) is -0.603. The summed E-state index contributed by atoms with van der Waals surface area (Å²) in [6, 6.07) is 12.1. The summed E-state index contributed by atoms with van der Waals surface area (Å²) >= 11 is 5.82. The summed E-state index contributed by atoms with van der Waals surface area (Å²) in [4.78, 5) is 11.5. The van der Waals surface area contributed by atoms with Crippen LogP contribution < -0.4 is 10.6 Å². The zero-order valence-corrected chi connectivity index (χ0v) is 13.1. The van der Waals surface area contributed by atoms with Gasteiger partial charge >= 0.3 is 0 Å². The first-order chi connectivity index (χ1) is 10.6. The molecule has 0 radical (unpaired) electrons. The molecule has 0 aliphatic rings. The van der Waals surface area contributed by atoms with Crippen LogP contribution in [0, 0.1) is 5.82 Å². The highest BCUT2D eigenvalue weighted by Gasteiger charge is 2.07. The van der Waals surface area contributed by atoms with Gasteiger partial charge in [-0.2, -0.15) is 0 Å². The molecule has 2 rings (SSSR count). The standard InChI is InChI=1S/C17H18ClFN2O/c1-2-3-17(22)21-16-9-4-12(10-15(16)19)11-20-14-7-5-13(18)6-8-14/h4-10,20H,2-3,11H2,1H3,(H,21,22). The van der Waals surface area contributed by atoms with E-state index in [1.54, 1.807) is 24.3 Å². The van der Waals surface area contributed by atoms with Crippen LogP contribution in [0.2, 0.25) is 5.02 Å². The van der Waals surface area contributed by atoms with Gasteiger partial charge in [-0.3, -0.25) is 4.79 Å².